The molecule has 0 saturated carbocycles. The van der Waals surface area contributed by atoms with Gasteiger partial charge in [0.05, 0.1) is 28.7 Å². The molecule has 0 bridgehead atoms. The molecule has 0 aliphatic rings. The Kier molecular flexibility index (Phi) is 5.54. The van der Waals surface area contributed by atoms with Crippen LogP contribution in [0.1, 0.15) is 16.8 Å². The van der Waals surface area contributed by atoms with Crippen molar-refractivity contribution in [1.29, 1.82) is 5.26 Å². The molecule has 0 aliphatic heterocycles. The van der Waals surface area contributed by atoms with Crippen LogP contribution >= 0.6 is 0 Å². The molecule has 0 saturated heterocycles. The van der Waals surface area contributed by atoms with Crippen molar-refractivity contribution < 1.29 is 4.39 Å². The van der Waals surface area contributed by atoms with Gasteiger partial charge in [0.25, 0.3) is 0 Å². The first kappa shape index (κ1) is 21.0. The van der Waals surface area contributed by atoms with Crippen LogP contribution in [0, 0.1) is 24.1 Å². The van der Waals surface area contributed by atoms with Crippen LogP contribution in [-0.4, -0.2) is 29.9 Å². The van der Waals surface area contributed by atoms with Crippen LogP contribution in [0.25, 0.3) is 33.5 Å². The van der Waals surface area contributed by atoms with Gasteiger partial charge in [-0.05, 0) is 42.8 Å². The number of hydrogen-bond donors (Lipinski definition) is 1. The molecule has 164 valence electrons. The van der Waals surface area contributed by atoms with Crippen LogP contribution in [0.3, 0.4) is 0 Å². The summed E-state index contributed by atoms with van der Waals surface area (Å²) >= 11 is 0. The number of halogens is 1. The Hall–Kier alpha value is -4.84. The van der Waals surface area contributed by atoms with Crippen molar-refractivity contribution in [2.24, 2.45) is 0 Å². The van der Waals surface area contributed by atoms with Crippen LogP contribution in [-0.2, 0) is 6.54 Å². The van der Waals surface area contributed by atoms with E-state index in [0.717, 1.165) is 16.6 Å². The number of aryl methyl sites for hydroxylation is 1. The third-order valence-corrected chi connectivity index (χ3v) is 5.22. The van der Waals surface area contributed by atoms with Crippen molar-refractivity contribution in [1.82, 2.24) is 29.9 Å². The fourth-order valence-corrected chi connectivity index (χ4v) is 3.57. The highest BCUT2D eigenvalue weighted by Crippen LogP contribution is 2.26. The van der Waals surface area contributed by atoms with Crippen molar-refractivity contribution >= 4 is 16.7 Å². The zero-order chi connectivity index (χ0) is 23.5. The minimum atomic E-state index is -0.615. The van der Waals surface area contributed by atoms with E-state index in [9.17, 15) is 5.26 Å². The number of nitrogens with zero attached hydrogens (tertiary/aromatic N) is 7. The first-order chi connectivity index (χ1) is 16.6. The topological polar surface area (TPSA) is 113 Å². The molecular formula is C25H17FN8. The number of aromatic nitrogens is 6. The summed E-state index contributed by atoms with van der Waals surface area (Å²) < 4.78 is 15.2. The number of nitriles is 1. The molecule has 5 aromatic heterocycles. The Labute approximate surface area is 194 Å². The third-order valence-electron chi connectivity index (χ3n) is 5.22. The Bertz CT molecular complexity index is 1560. The lowest BCUT2D eigenvalue weighted by atomic mass is 10.1. The van der Waals surface area contributed by atoms with Crippen LogP contribution < -0.4 is 5.32 Å². The van der Waals surface area contributed by atoms with Gasteiger partial charge in [-0.3, -0.25) is 19.9 Å². The predicted molar refractivity (Wildman–Crippen MR) is 125 cm³/mol. The second-order valence-electron chi connectivity index (χ2n) is 7.54. The maximum atomic E-state index is 15.2. The van der Waals surface area contributed by atoms with Gasteiger partial charge in [0.15, 0.2) is 11.6 Å². The Morgan fingerprint density at radius 3 is 2.71 bits per heavy atom. The highest BCUT2D eigenvalue weighted by Gasteiger charge is 2.15. The average molecular weight is 448 g/mol. The van der Waals surface area contributed by atoms with Gasteiger partial charge in [-0.15, -0.1) is 0 Å². The summed E-state index contributed by atoms with van der Waals surface area (Å²) in [4.78, 5) is 25.3. The first-order valence-electron chi connectivity index (χ1n) is 10.4. The molecule has 0 spiro atoms. The molecule has 5 heterocycles. The lowest BCUT2D eigenvalue weighted by molar-refractivity contribution is 0.620. The second-order valence-corrected chi connectivity index (χ2v) is 7.54. The summed E-state index contributed by atoms with van der Waals surface area (Å²) in [5.41, 5.74) is 4.53. The van der Waals surface area contributed by atoms with Crippen LogP contribution in [0.15, 0.2) is 67.5 Å². The normalized spacial score (nSPS) is 10.7. The first-order valence-corrected chi connectivity index (χ1v) is 10.4. The van der Waals surface area contributed by atoms with E-state index in [0.29, 0.717) is 28.0 Å². The highest BCUT2D eigenvalue weighted by atomic mass is 19.1. The monoisotopic (exact) mass is 448 g/mol. The highest BCUT2D eigenvalue weighted by molar-refractivity contribution is 5.81. The van der Waals surface area contributed by atoms with Crippen LogP contribution in [0.2, 0.25) is 0 Å². The van der Waals surface area contributed by atoms with E-state index in [1.165, 1.54) is 6.33 Å². The molecule has 5 aromatic rings. The van der Waals surface area contributed by atoms with Crippen molar-refractivity contribution in [2.45, 2.75) is 13.5 Å². The molecule has 0 fully saturated rings. The van der Waals surface area contributed by atoms with Gasteiger partial charge in [-0.25, -0.2) is 14.4 Å². The summed E-state index contributed by atoms with van der Waals surface area (Å²) in [5.74, 6) is -0.582. The Morgan fingerprint density at radius 2 is 1.85 bits per heavy atom. The largest absolute Gasteiger partial charge is 0.363 e. The molecule has 34 heavy (non-hydrogen) atoms. The molecule has 8 nitrogen and oxygen atoms in total. The predicted octanol–water partition coefficient (Wildman–Crippen LogP) is 4.48. The van der Waals surface area contributed by atoms with Crippen LogP contribution in [0.4, 0.5) is 10.2 Å². The maximum absolute atomic E-state index is 15.2. The van der Waals surface area contributed by atoms with E-state index < -0.39 is 5.82 Å². The van der Waals surface area contributed by atoms with E-state index in [2.05, 4.69) is 41.3 Å². The standard InChI is InChI=1S/C25H17FN8/c1-15-7-18(4-6-28-15)23-19(10-27)8-16(11-31-23)12-32-25-22(26)24(33-14-34-25)20-9-17-3-2-5-29-21(17)13-30-20/h2-9,11,13-14H,12H2,1H3,(H,32,33,34). The summed E-state index contributed by atoms with van der Waals surface area (Å²) in [6, 6.07) is 13.0. The van der Waals surface area contributed by atoms with Crippen molar-refractivity contribution in [2.75, 3.05) is 5.32 Å². The lowest BCUT2D eigenvalue weighted by Crippen LogP contribution is -2.07. The van der Waals surface area contributed by atoms with Crippen LogP contribution in [0.5, 0.6) is 0 Å². The van der Waals surface area contributed by atoms with Crippen molar-refractivity contribution in [3.63, 3.8) is 0 Å². The fourth-order valence-electron chi connectivity index (χ4n) is 3.57. The molecule has 5 rings (SSSR count). The second kappa shape index (κ2) is 8.96. The van der Waals surface area contributed by atoms with Gasteiger partial charge >= 0.3 is 0 Å². The van der Waals surface area contributed by atoms with Gasteiger partial charge in [0, 0.05) is 41.8 Å². The zero-order valence-electron chi connectivity index (χ0n) is 18.1. The number of rotatable bonds is 5. The number of fused-ring (bicyclic) bond motifs is 1. The number of anilines is 1. The smallest absolute Gasteiger partial charge is 0.193 e. The Morgan fingerprint density at radius 1 is 0.941 bits per heavy atom. The van der Waals surface area contributed by atoms with Crippen molar-refractivity contribution in [3.05, 3.63) is 90.2 Å². The number of hydrogen-bond acceptors (Lipinski definition) is 8. The fraction of sp³-hybridized carbons (Fsp3) is 0.0800. The molecular weight excluding hydrogens is 431 g/mol. The van der Waals surface area contributed by atoms with E-state index in [-0.39, 0.29) is 18.1 Å². The molecule has 0 radical (unpaired) electrons. The minimum absolute atomic E-state index is 0.0328. The molecule has 0 unspecified atom stereocenters. The summed E-state index contributed by atoms with van der Waals surface area (Å²) in [6.45, 7) is 2.10. The van der Waals surface area contributed by atoms with E-state index in [1.54, 1.807) is 43.0 Å². The molecule has 9 heteroatoms. The molecule has 0 atom stereocenters. The van der Waals surface area contributed by atoms with Gasteiger partial charge in [0.2, 0.25) is 0 Å². The summed E-state index contributed by atoms with van der Waals surface area (Å²) in [6.07, 6.45) is 7.87. The third kappa shape index (κ3) is 4.12. The van der Waals surface area contributed by atoms with Crippen molar-refractivity contribution in [3.8, 4) is 28.7 Å². The van der Waals surface area contributed by atoms with Gasteiger partial charge in [-0.1, -0.05) is 6.07 Å². The number of pyridine rings is 4. The van der Waals surface area contributed by atoms with Gasteiger partial charge in [0.1, 0.15) is 18.1 Å². The average Bonchev–Trinajstić information content (AvgIpc) is 2.87. The van der Waals surface area contributed by atoms with Gasteiger partial charge in [-0.2, -0.15) is 5.26 Å². The van der Waals surface area contributed by atoms with E-state index >= 15 is 4.39 Å². The van der Waals surface area contributed by atoms with E-state index in [1.807, 2.05) is 25.1 Å². The SMILES string of the molecule is Cc1cc(-c2ncc(CNc3ncnc(-c4cc5cccnc5cn4)c3F)cc2C#N)ccn1. The molecule has 0 amide bonds. The summed E-state index contributed by atoms with van der Waals surface area (Å²) in [7, 11) is 0. The summed E-state index contributed by atoms with van der Waals surface area (Å²) in [5, 5.41) is 13.4. The maximum Gasteiger partial charge on any atom is 0.193 e. The minimum Gasteiger partial charge on any atom is -0.363 e. The molecule has 0 aliphatic carbocycles. The van der Waals surface area contributed by atoms with Gasteiger partial charge < -0.3 is 5.32 Å². The number of nitrogens with one attached hydrogen (secondary N) is 1. The molecule has 1 N–H and O–H groups in total. The molecule has 0 aromatic carbocycles. The zero-order valence-corrected chi connectivity index (χ0v) is 18.1. The van der Waals surface area contributed by atoms with E-state index in [4.69, 9.17) is 0 Å². The lowest BCUT2D eigenvalue weighted by Gasteiger charge is -2.10. The Balaban J connectivity index is 1.40. The quantitative estimate of drug-likeness (QED) is 0.419.